The number of aromatic amines is 1. The van der Waals surface area contributed by atoms with Crippen molar-refractivity contribution in [3.05, 3.63) is 85.9 Å². The second-order valence-electron chi connectivity index (χ2n) is 9.29. The normalized spacial score (nSPS) is 17.4. The summed E-state index contributed by atoms with van der Waals surface area (Å²) < 4.78 is 0. The maximum absolute atomic E-state index is 4.09. The second-order valence-corrected chi connectivity index (χ2v) is 9.29. The first-order valence-corrected chi connectivity index (χ1v) is 13.4. The Hall–Kier alpha value is -3.25. The van der Waals surface area contributed by atoms with E-state index in [0.717, 1.165) is 42.5 Å². The Morgan fingerprint density at radius 2 is 1.81 bits per heavy atom. The van der Waals surface area contributed by atoms with Crippen LogP contribution in [-0.2, 0) is 0 Å². The van der Waals surface area contributed by atoms with Crippen molar-refractivity contribution in [1.82, 2.24) is 20.1 Å². The minimum atomic E-state index is 0.777. The molecule has 1 aromatic heterocycles. The molecule has 3 heterocycles. The quantitative estimate of drug-likeness (QED) is 0.230. The lowest BCUT2D eigenvalue weighted by molar-refractivity contribution is 0.141. The summed E-state index contributed by atoms with van der Waals surface area (Å²) in [6, 6.07) is 9.51. The van der Waals surface area contributed by atoms with E-state index >= 15 is 0 Å². The highest BCUT2D eigenvalue weighted by Crippen LogP contribution is 2.27. The molecule has 0 atom stereocenters. The van der Waals surface area contributed by atoms with Gasteiger partial charge in [-0.25, -0.2) is 0 Å². The molecule has 2 aliphatic rings. The summed E-state index contributed by atoms with van der Waals surface area (Å²) in [6.45, 7) is 16.4. The summed E-state index contributed by atoms with van der Waals surface area (Å²) in [5.74, 6) is 0. The number of benzene rings is 1. The van der Waals surface area contributed by atoms with Crippen molar-refractivity contribution in [3.8, 4) is 0 Å². The van der Waals surface area contributed by atoms with E-state index in [4.69, 9.17) is 0 Å². The number of hydrogen-bond donors (Lipinski definition) is 2. The summed E-state index contributed by atoms with van der Waals surface area (Å²) in [5, 5.41) is 8.89. The van der Waals surface area contributed by atoms with Crippen molar-refractivity contribution in [2.24, 2.45) is 0 Å². The summed E-state index contributed by atoms with van der Waals surface area (Å²) in [7, 11) is 0. The summed E-state index contributed by atoms with van der Waals surface area (Å²) in [4.78, 5) is 5.26. The number of aromatic nitrogens is 2. The van der Waals surface area contributed by atoms with E-state index in [0.29, 0.717) is 0 Å². The Balaban J connectivity index is 0.000000840. The fourth-order valence-electron chi connectivity index (χ4n) is 4.76. The predicted molar refractivity (Wildman–Crippen MR) is 155 cm³/mol. The molecule has 194 valence electrons. The van der Waals surface area contributed by atoms with Crippen LogP contribution >= 0.6 is 0 Å². The van der Waals surface area contributed by atoms with E-state index in [1.54, 1.807) is 6.20 Å². The molecule has 36 heavy (non-hydrogen) atoms. The van der Waals surface area contributed by atoms with Crippen molar-refractivity contribution in [1.29, 1.82) is 0 Å². The van der Waals surface area contributed by atoms with Crippen LogP contribution in [0.5, 0.6) is 0 Å². The molecule has 2 aliphatic heterocycles. The van der Waals surface area contributed by atoms with Crippen LogP contribution in [0.25, 0.3) is 5.70 Å². The van der Waals surface area contributed by atoms with Crippen LogP contribution in [0.3, 0.4) is 0 Å². The average molecular weight is 489 g/mol. The Labute approximate surface area is 218 Å². The van der Waals surface area contributed by atoms with Gasteiger partial charge in [0.05, 0.1) is 17.6 Å². The SMILES string of the molecule is C=CCC.C=CN(Nc1ccc(N2CCC(N3CCCCC3)CC2)cc1)/C(=C\C=C/C)c1cn[nH]c1. The first kappa shape index (κ1) is 27.3. The molecule has 4 rings (SSSR count). The third kappa shape index (κ3) is 7.89. The highest BCUT2D eigenvalue weighted by atomic mass is 15.5. The number of piperidine rings is 2. The Bertz CT molecular complexity index is 946. The van der Waals surface area contributed by atoms with Gasteiger partial charge in [0.25, 0.3) is 0 Å². The van der Waals surface area contributed by atoms with Gasteiger partial charge in [0.1, 0.15) is 0 Å². The van der Waals surface area contributed by atoms with Crippen LogP contribution in [0.4, 0.5) is 11.4 Å². The molecule has 2 saturated heterocycles. The van der Waals surface area contributed by atoms with Gasteiger partial charge in [-0.2, -0.15) is 5.10 Å². The molecule has 0 amide bonds. The summed E-state index contributed by atoms with van der Waals surface area (Å²) >= 11 is 0. The van der Waals surface area contributed by atoms with E-state index < -0.39 is 0 Å². The number of rotatable bonds is 9. The van der Waals surface area contributed by atoms with Crippen molar-refractivity contribution in [2.75, 3.05) is 36.5 Å². The van der Waals surface area contributed by atoms with Gasteiger partial charge < -0.3 is 9.80 Å². The van der Waals surface area contributed by atoms with Crippen LogP contribution in [0.15, 0.2) is 80.3 Å². The van der Waals surface area contributed by atoms with Gasteiger partial charge in [-0.05, 0) is 82.5 Å². The maximum Gasteiger partial charge on any atom is 0.0726 e. The molecule has 0 saturated carbocycles. The third-order valence-corrected chi connectivity index (χ3v) is 6.82. The van der Waals surface area contributed by atoms with Gasteiger partial charge in [-0.15, -0.1) is 6.58 Å². The number of H-pyrrole nitrogens is 1. The Morgan fingerprint density at radius 1 is 1.11 bits per heavy atom. The van der Waals surface area contributed by atoms with Gasteiger partial charge >= 0.3 is 0 Å². The lowest BCUT2D eigenvalue weighted by Gasteiger charge is -2.41. The molecule has 0 radical (unpaired) electrons. The van der Waals surface area contributed by atoms with E-state index in [1.807, 2.05) is 48.6 Å². The largest absolute Gasteiger partial charge is 0.371 e. The molecule has 2 N–H and O–H groups in total. The fourth-order valence-corrected chi connectivity index (χ4v) is 4.76. The molecule has 0 spiro atoms. The standard InChI is InChI=1S/C26H36N6.C4H8/c1-3-5-9-26(22-20-27-28-21-22)32(4-2)29-23-10-12-24(13-11-23)31-18-14-25(15-19-31)30-16-7-6-8-17-30;1-3-4-2/h3-5,9-13,20-21,25,29H,2,6-8,14-19H2,1H3,(H,27,28);3H,1,4H2,2H3/b5-3-,26-9-;. The molecule has 6 nitrogen and oxygen atoms in total. The predicted octanol–water partition coefficient (Wildman–Crippen LogP) is 6.84. The molecular weight excluding hydrogens is 444 g/mol. The Kier molecular flexibility index (Phi) is 11.4. The van der Waals surface area contributed by atoms with E-state index in [9.17, 15) is 0 Å². The number of nitrogens with one attached hydrogen (secondary N) is 2. The second kappa shape index (κ2) is 15.0. The van der Waals surface area contributed by atoms with Crippen molar-refractivity contribution in [2.45, 2.75) is 58.4 Å². The molecule has 2 aromatic rings. The van der Waals surface area contributed by atoms with Crippen LogP contribution in [0.1, 0.15) is 57.9 Å². The van der Waals surface area contributed by atoms with Crippen molar-refractivity contribution >= 4 is 17.1 Å². The zero-order valence-corrected chi connectivity index (χ0v) is 22.2. The van der Waals surface area contributed by atoms with Crippen molar-refractivity contribution < 1.29 is 0 Å². The van der Waals surface area contributed by atoms with Gasteiger partial charge in [0.15, 0.2) is 0 Å². The number of nitrogens with zero attached hydrogens (tertiary/aromatic N) is 4. The van der Waals surface area contributed by atoms with E-state index in [-0.39, 0.29) is 0 Å². The molecule has 6 heteroatoms. The van der Waals surface area contributed by atoms with E-state index in [1.165, 1.54) is 50.9 Å². The first-order valence-electron chi connectivity index (χ1n) is 13.4. The summed E-state index contributed by atoms with van der Waals surface area (Å²) in [6.07, 6.45) is 21.2. The lowest BCUT2D eigenvalue weighted by atomic mass is 9.99. The zero-order chi connectivity index (χ0) is 25.6. The average Bonchev–Trinajstić information content (AvgIpc) is 3.48. The molecule has 0 unspecified atom stereocenters. The van der Waals surface area contributed by atoms with Gasteiger partial charge in [0.2, 0.25) is 0 Å². The summed E-state index contributed by atoms with van der Waals surface area (Å²) in [5.41, 5.74) is 7.73. The smallest absolute Gasteiger partial charge is 0.0726 e. The highest BCUT2D eigenvalue weighted by molar-refractivity contribution is 5.67. The van der Waals surface area contributed by atoms with Crippen LogP contribution in [-0.4, -0.2) is 52.3 Å². The van der Waals surface area contributed by atoms with Crippen LogP contribution in [0.2, 0.25) is 0 Å². The maximum atomic E-state index is 4.09. The molecular formula is C30H44N6. The molecule has 1 aromatic carbocycles. The van der Waals surface area contributed by atoms with Crippen LogP contribution < -0.4 is 10.3 Å². The zero-order valence-electron chi connectivity index (χ0n) is 22.2. The molecule has 0 bridgehead atoms. The Morgan fingerprint density at radius 3 is 2.36 bits per heavy atom. The third-order valence-electron chi connectivity index (χ3n) is 6.82. The minimum Gasteiger partial charge on any atom is -0.371 e. The van der Waals surface area contributed by atoms with E-state index in [2.05, 4.69) is 69.8 Å². The topological polar surface area (TPSA) is 50.4 Å². The molecule has 2 fully saturated rings. The highest BCUT2D eigenvalue weighted by Gasteiger charge is 2.25. The number of likely N-dealkylation sites (tertiary alicyclic amines) is 1. The number of hydrogen-bond acceptors (Lipinski definition) is 5. The monoisotopic (exact) mass is 488 g/mol. The first-order chi connectivity index (χ1) is 17.7. The molecule has 0 aliphatic carbocycles. The minimum absolute atomic E-state index is 0.777. The van der Waals surface area contributed by atoms with Gasteiger partial charge in [0, 0.05) is 42.8 Å². The number of allylic oxidation sites excluding steroid dienone is 4. The van der Waals surface area contributed by atoms with Crippen molar-refractivity contribution in [3.63, 3.8) is 0 Å². The fraction of sp³-hybridized carbons (Fsp3) is 0.433. The number of anilines is 2. The lowest BCUT2D eigenvalue weighted by Crippen LogP contribution is -2.46. The van der Waals surface area contributed by atoms with Crippen LogP contribution in [0, 0.1) is 0 Å². The van der Waals surface area contributed by atoms with Gasteiger partial charge in [-0.3, -0.25) is 15.5 Å². The van der Waals surface area contributed by atoms with Gasteiger partial charge in [-0.1, -0.05) is 38.2 Å². The number of hydrazine groups is 1.